The average Bonchev–Trinajstić information content (AvgIpc) is 2.76. The molecule has 2 aliphatic rings. The van der Waals surface area contributed by atoms with Crippen molar-refractivity contribution in [1.82, 2.24) is 15.4 Å². The fourth-order valence-electron chi connectivity index (χ4n) is 3.81. The third kappa shape index (κ3) is 5.65. The van der Waals surface area contributed by atoms with Gasteiger partial charge in [-0.15, -0.1) is 0 Å². The molecular formula is C23H31N5O3. The molecule has 0 spiro atoms. The molecule has 2 aromatic rings. The van der Waals surface area contributed by atoms with Crippen molar-refractivity contribution in [2.45, 2.75) is 45.1 Å². The van der Waals surface area contributed by atoms with E-state index in [1.165, 1.54) is 0 Å². The van der Waals surface area contributed by atoms with E-state index >= 15 is 0 Å². The Hall–Kier alpha value is -2.84. The molecule has 8 heteroatoms. The summed E-state index contributed by atoms with van der Waals surface area (Å²) in [6, 6.07) is 7.39. The summed E-state index contributed by atoms with van der Waals surface area (Å²) in [6.07, 6.45) is 5.12. The fourth-order valence-corrected chi connectivity index (χ4v) is 3.81. The van der Waals surface area contributed by atoms with E-state index in [2.05, 4.69) is 26.8 Å². The second-order valence-corrected chi connectivity index (χ2v) is 8.69. The zero-order valence-corrected chi connectivity index (χ0v) is 18.2. The van der Waals surface area contributed by atoms with Crippen LogP contribution in [0.25, 0.3) is 5.70 Å². The first-order valence-corrected chi connectivity index (χ1v) is 10.8. The number of hydrazine groups is 1. The maximum atomic E-state index is 10.1. The molecule has 2 heterocycles. The van der Waals surface area contributed by atoms with Crippen molar-refractivity contribution in [3.8, 4) is 5.75 Å². The number of fused-ring (bicyclic) bond motifs is 1. The number of aliphatic hydroxyl groups is 1. The van der Waals surface area contributed by atoms with Crippen molar-refractivity contribution in [2.24, 2.45) is 0 Å². The van der Waals surface area contributed by atoms with Gasteiger partial charge in [-0.1, -0.05) is 6.08 Å². The Kier molecular flexibility index (Phi) is 6.29. The first kappa shape index (κ1) is 21.4. The van der Waals surface area contributed by atoms with Gasteiger partial charge in [-0.3, -0.25) is 10.9 Å². The number of phenols is 1. The Bertz CT molecular complexity index is 949. The summed E-state index contributed by atoms with van der Waals surface area (Å²) < 4.78 is 5.47. The van der Waals surface area contributed by atoms with Crippen molar-refractivity contribution in [3.63, 3.8) is 0 Å². The summed E-state index contributed by atoms with van der Waals surface area (Å²) in [7, 11) is 0. The highest BCUT2D eigenvalue weighted by Gasteiger charge is 2.18. The third-order valence-electron chi connectivity index (χ3n) is 5.52. The maximum Gasteiger partial charge on any atom is 0.150 e. The number of aromatic nitrogens is 2. The van der Waals surface area contributed by atoms with Crippen LogP contribution in [-0.4, -0.2) is 52.1 Å². The van der Waals surface area contributed by atoms with Gasteiger partial charge in [0.25, 0.3) is 0 Å². The van der Waals surface area contributed by atoms with Gasteiger partial charge in [0.05, 0.1) is 24.5 Å². The van der Waals surface area contributed by atoms with Crippen molar-refractivity contribution in [2.75, 3.05) is 36.6 Å². The van der Waals surface area contributed by atoms with Crippen LogP contribution in [0, 0.1) is 0 Å². The van der Waals surface area contributed by atoms with Crippen LogP contribution >= 0.6 is 0 Å². The van der Waals surface area contributed by atoms with E-state index in [4.69, 9.17) is 9.72 Å². The van der Waals surface area contributed by atoms with Crippen LogP contribution in [-0.2, 0) is 17.6 Å². The topological polar surface area (TPSA) is 103 Å². The molecule has 8 nitrogen and oxygen atoms in total. The molecule has 0 saturated carbocycles. The van der Waals surface area contributed by atoms with Gasteiger partial charge in [-0.05, 0) is 56.9 Å². The van der Waals surface area contributed by atoms with Gasteiger partial charge in [0.2, 0.25) is 0 Å². The number of aryl methyl sites for hydroxylation is 2. The molecular weight excluding hydrogens is 394 g/mol. The van der Waals surface area contributed by atoms with Gasteiger partial charge in [0.15, 0.2) is 0 Å². The number of allylic oxidation sites excluding steroid dienone is 1. The molecule has 0 bridgehead atoms. The number of benzene rings is 1. The monoisotopic (exact) mass is 425 g/mol. The summed E-state index contributed by atoms with van der Waals surface area (Å²) in [5.74, 6) is 2.51. The van der Waals surface area contributed by atoms with Gasteiger partial charge < -0.3 is 19.8 Å². The number of morpholine rings is 1. The smallest absolute Gasteiger partial charge is 0.150 e. The lowest BCUT2D eigenvalue weighted by Crippen LogP contribution is -2.37. The van der Waals surface area contributed by atoms with Crippen LogP contribution in [0.1, 0.15) is 43.6 Å². The summed E-state index contributed by atoms with van der Waals surface area (Å²) in [4.78, 5) is 11.6. The van der Waals surface area contributed by atoms with Crippen molar-refractivity contribution in [1.29, 1.82) is 0 Å². The number of hydrogen-bond acceptors (Lipinski definition) is 8. The highest BCUT2D eigenvalue weighted by atomic mass is 16.5. The number of hydrogen-bond donors (Lipinski definition) is 4. The lowest BCUT2D eigenvalue weighted by atomic mass is 9.95. The molecule has 1 aromatic carbocycles. The second kappa shape index (κ2) is 9.11. The van der Waals surface area contributed by atoms with E-state index in [1.54, 1.807) is 19.9 Å². The Morgan fingerprint density at radius 3 is 2.71 bits per heavy atom. The zero-order valence-electron chi connectivity index (χ0n) is 18.2. The highest BCUT2D eigenvalue weighted by Crippen LogP contribution is 2.28. The number of phenolic OH excluding ortho intramolecular Hbond substituents is 1. The molecule has 0 atom stereocenters. The number of aromatic hydroxyl groups is 1. The number of rotatable bonds is 7. The highest BCUT2D eigenvalue weighted by molar-refractivity contribution is 5.70. The zero-order chi connectivity index (χ0) is 21.8. The first-order valence-electron chi connectivity index (χ1n) is 10.8. The molecule has 0 radical (unpaired) electrons. The van der Waals surface area contributed by atoms with E-state index in [0.29, 0.717) is 37.7 Å². The van der Waals surface area contributed by atoms with Gasteiger partial charge >= 0.3 is 0 Å². The minimum absolute atomic E-state index is 0.287. The van der Waals surface area contributed by atoms with Gasteiger partial charge in [-0.25, -0.2) is 9.97 Å². The average molecular weight is 426 g/mol. The van der Waals surface area contributed by atoms with Crippen LogP contribution < -0.4 is 15.8 Å². The van der Waals surface area contributed by atoms with E-state index < -0.39 is 5.60 Å². The van der Waals surface area contributed by atoms with Crippen LogP contribution in [0.3, 0.4) is 0 Å². The Labute approximate surface area is 183 Å². The SMILES string of the molecule is CC(C)(O)CCc1nc(NNC2=CCCc3cc(O)ccc32)cc(N2CCOCC2)n1. The number of nitrogens with one attached hydrogen (secondary N) is 2. The predicted molar refractivity (Wildman–Crippen MR) is 121 cm³/mol. The van der Waals surface area contributed by atoms with Crippen LogP contribution in [0.2, 0.25) is 0 Å². The number of nitrogens with zero attached hydrogens (tertiary/aromatic N) is 3. The minimum Gasteiger partial charge on any atom is -0.508 e. The van der Waals surface area contributed by atoms with Gasteiger partial charge in [0, 0.05) is 31.1 Å². The molecule has 1 aliphatic heterocycles. The second-order valence-electron chi connectivity index (χ2n) is 8.69. The molecule has 166 valence electrons. The Balaban J connectivity index is 1.53. The standard InChI is InChI=1S/C23H31N5O3/c1-23(2,30)9-8-20-24-21(15-22(25-20)28-10-12-31-13-11-28)27-26-19-5-3-4-16-14-17(29)6-7-18(16)19/h5-7,14-15,26,29-30H,3-4,8-13H2,1-2H3,(H,24,25,27). The summed E-state index contributed by atoms with van der Waals surface area (Å²) in [5.41, 5.74) is 8.91. The maximum absolute atomic E-state index is 10.1. The quantitative estimate of drug-likeness (QED) is 0.502. The predicted octanol–water partition coefficient (Wildman–Crippen LogP) is 2.63. The third-order valence-corrected chi connectivity index (χ3v) is 5.52. The first-order chi connectivity index (χ1) is 14.9. The molecule has 4 rings (SSSR count). The molecule has 31 heavy (non-hydrogen) atoms. The fraction of sp³-hybridized carbons (Fsp3) is 0.478. The molecule has 0 amide bonds. The Morgan fingerprint density at radius 1 is 1.13 bits per heavy atom. The van der Waals surface area contributed by atoms with Crippen molar-refractivity contribution < 1.29 is 14.9 Å². The van der Waals surface area contributed by atoms with Gasteiger partial charge in [-0.2, -0.15) is 0 Å². The molecule has 0 unspecified atom stereocenters. The van der Waals surface area contributed by atoms with Crippen LogP contribution in [0.4, 0.5) is 11.6 Å². The lowest BCUT2D eigenvalue weighted by molar-refractivity contribution is 0.0708. The van der Waals surface area contributed by atoms with E-state index in [1.807, 2.05) is 18.2 Å². The minimum atomic E-state index is -0.771. The Morgan fingerprint density at radius 2 is 1.94 bits per heavy atom. The number of anilines is 2. The van der Waals surface area contributed by atoms with Crippen LogP contribution in [0.5, 0.6) is 5.75 Å². The molecule has 1 fully saturated rings. The van der Waals surface area contributed by atoms with E-state index in [-0.39, 0.29) is 5.75 Å². The van der Waals surface area contributed by atoms with Gasteiger partial charge in [0.1, 0.15) is 23.2 Å². The van der Waals surface area contributed by atoms with E-state index in [0.717, 1.165) is 48.6 Å². The summed E-state index contributed by atoms with van der Waals surface area (Å²) in [5, 5.41) is 19.9. The summed E-state index contributed by atoms with van der Waals surface area (Å²) in [6.45, 7) is 6.53. The molecule has 1 aromatic heterocycles. The van der Waals surface area contributed by atoms with E-state index in [9.17, 15) is 10.2 Å². The van der Waals surface area contributed by atoms with Crippen LogP contribution in [0.15, 0.2) is 30.3 Å². The molecule has 4 N–H and O–H groups in total. The summed E-state index contributed by atoms with van der Waals surface area (Å²) >= 11 is 0. The van der Waals surface area contributed by atoms with Crippen molar-refractivity contribution >= 4 is 17.3 Å². The lowest BCUT2D eigenvalue weighted by Gasteiger charge is -2.28. The molecule has 1 aliphatic carbocycles. The van der Waals surface area contributed by atoms with Crippen molar-refractivity contribution in [3.05, 3.63) is 47.3 Å². The largest absolute Gasteiger partial charge is 0.508 e. The number of ether oxygens (including phenoxy) is 1. The normalized spacial score (nSPS) is 16.5. The molecule has 1 saturated heterocycles.